The first kappa shape index (κ1) is 26.1. The molecule has 3 N–H and O–H groups in total. The molecule has 0 aromatic carbocycles. The Labute approximate surface area is 197 Å². The number of epoxide rings is 1. The summed E-state index contributed by atoms with van der Waals surface area (Å²) >= 11 is 0. The van der Waals surface area contributed by atoms with Gasteiger partial charge in [0.2, 0.25) is 5.91 Å². The number of aliphatic hydroxyl groups excluding tert-OH is 2. The van der Waals surface area contributed by atoms with Crippen molar-refractivity contribution in [2.24, 2.45) is 5.92 Å². The molecule has 3 rings (SSSR count). The summed E-state index contributed by atoms with van der Waals surface area (Å²) in [5.41, 5.74) is 0.303. The van der Waals surface area contributed by atoms with Crippen molar-refractivity contribution >= 4 is 5.91 Å². The molecule has 3 aliphatic heterocycles. The average molecular weight is 464 g/mol. The average Bonchev–Trinajstić information content (AvgIpc) is 3.48. The van der Waals surface area contributed by atoms with Gasteiger partial charge in [-0.2, -0.15) is 0 Å². The Morgan fingerprint density at radius 2 is 1.97 bits per heavy atom. The van der Waals surface area contributed by atoms with Crippen molar-refractivity contribution in [2.75, 3.05) is 6.61 Å². The van der Waals surface area contributed by atoms with Crippen LogP contribution in [-0.2, 0) is 19.0 Å². The molecule has 0 aromatic heterocycles. The molecule has 0 saturated carbocycles. The topological polar surface area (TPSA) is 101 Å². The van der Waals surface area contributed by atoms with Gasteiger partial charge in [-0.1, -0.05) is 36.8 Å². The van der Waals surface area contributed by atoms with Crippen molar-refractivity contribution < 1.29 is 29.2 Å². The summed E-state index contributed by atoms with van der Waals surface area (Å²) in [5, 5.41) is 22.9. The van der Waals surface area contributed by atoms with Gasteiger partial charge in [-0.05, 0) is 53.4 Å². The Morgan fingerprint density at radius 1 is 1.27 bits per heavy atom. The Bertz CT molecular complexity index is 782. The number of carbonyl (C=O) groups is 1. The molecule has 8 atom stereocenters. The summed E-state index contributed by atoms with van der Waals surface area (Å²) in [6.07, 6.45) is 9.52. The van der Waals surface area contributed by atoms with Crippen molar-refractivity contribution in [1.82, 2.24) is 5.32 Å². The third-order valence-corrected chi connectivity index (χ3v) is 6.84. The molecule has 3 fully saturated rings. The molecular weight excluding hydrogens is 422 g/mol. The Kier molecular flexibility index (Phi) is 8.23. The van der Waals surface area contributed by atoms with Crippen LogP contribution in [0.15, 0.2) is 36.0 Å². The first-order valence-corrected chi connectivity index (χ1v) is 12.1. The van der Waals surface area contributed by atoms with E-state index in [9.17, 15) is 15.0 Å². The second-order valence-electron chi connectivity index (χ2n) is 10.7. The molecule has 1 amide bonds. The Morgan fingerprint density at radius 3 is 2.61 bits per heavy atom. The molecule has 0 bridgehead atoms. The minimum atomic E-state index is -0.653. The molecule has 3 aliphatic rings. The van der Waals surface area contributed by atoms with E-state index in [-0.39, 0.29) is 35.7 Å². The molecule has 0 radical (unpaired) electrons. The van der Waals surface area contributed by atoms with Gasteiger partial charge in [-0.25, -0.2) is 0 Å². The fourth-order valence-corrected chi connectivity index (χ4v) is 4.90. The van der Waals surface area contributed by atoms with Gasteiger partial charge in [0.05, 0.1) is 36.6 Å². The fourth-order valence-electron chi connectivity index (χ4n) is 4.90. The van der Waals surface area contributed by atoms with Crippen LogP contribution >= 0.6 is 0 Å². The molecule has 7 nitrogen and oxygen atoms in total. The third kappa shape index (κ3) is 6.99. The standard InChI is InChI=1S/C26H41NO6/c1-16(8-11-22-24(30)26(15-31-26)14-25(5,6)33-22)7-10-21-17(2)13-20(19(4)32-21)27-23(29)12-9-18(3)28/h7-9,11-12,17-22,24,28,30H,10,13-15H2,1-6H3,(H,27,29)/t17-,18+,19+,20+,21-,22+,24+,26+/m0/s1. The lowest BCUT2D eigenvalue weighted by Crippen LogP contribution is -2.53. The maximum Gasteiger partial charge on any atom is 0.244 e. The van der Waals surface area contributed by atoms with E-state index in [4.69, 9.17) is 14.2 Å². The lowest BCUT2D eigenvalue weighted by molar-refractivity contribution is -0.171. The van der Waals surface area contributed by atoms with Crippen molar-refractivity contribution in [3.05, 3.63) is 36.0 Å². The van der Waals surface area contributed by atoms with Crippen LogP contribution < -0.4 is 5.32 Å². The third-order valence-electron chi connectivity index (χ3n) is 6.84. The number of nitrogens with one attached hydrogen (secondary N) is 1. The highest BCUT2D eigenvalue weighted by Crippen LogP contribution is 2.46. The van der Waals surface area contributed by atoms with Crippen molar-refractivity contribution in [3.8, 4) is 0 Å². The summed E-state index contributed by atoms with van der Waals surface area (Å²) in [6.45, 7) is 12.4. The lowest BCUT2D eigenvalue weighted by Gasteiger charge is -2.41. The van der Waals surface area contributed by atoms with E-state index < -0.39 is 23.9 Å². The predicted molar refractivity (Wildman–Crippen MR) is 127 cm³/mol. The molecule has 33 heavy (non-hydrogen) atoms. The maximum absolute atomic E-state index is 12.1. The van der Waals surface area contributed by atoms with Crippen LogP contribution in [-0.4, -0.2) is 70.5 Å². The zero-order chi connectivity index (χ0) is 24.4. The number of aliphatic hydroxyl groups is 2. The molecule has 0 aromatic rings. The number of rotatable bonds is 7. The summed E-state index contributed by atoms with van der Waals surface area (Å²) in [4.78, 5) is 12.1. The molecule has 0 aliphatic carbocycles. The maximum atomic E-state index is 12.1. The van der Waals surface area contributed by atoms with Crippen LogP contribution in [0.2, 0.25) is 0 Å². The fraction of sp³-hybridized carbons (Fsp3) is 0.731. The molecule has 7 heteroatoms. The summed E-state index contributed by atoms with van der Waals surface area (Å²) in [6, 6.07) is -0.0578. The van der Waals surface area contributed by atoms with Crippen molar-refractivity contribution in [1.29, 1.82) is 0 Å². The molecule has 1 spiro atoms. The summed E-state index contributed by atoms with van der Waals surface area (Å²) in [5.74, 6) is 0.0769. The predicted octanol–water partition coefficient (Wildman–Crippen LogP) is 2.81. The SMILES string of the molecule is CC(C=C[C@H]1OC(C)(C)C[C@@]2(CO2)[C@@H]1O)=CC[C@@H]1O[C@H](C)[C@H](NC(=O)C=C[C@@H](C)O)C[C@@H]1C. The van der Waals surface area contributed by atoms with Gasteiger partial charge in [0.1, 0.15) is 17.8 Å². The molecule has 186 valence electrons. The van der Waals surface area contributed by atoms with Gasteiger partial charge < -0.3 is 29.7 Å². The van der Waals surface area contributed by atoms with Crippen LogP contribution in [0.4, 0.5) is 0 Å². The summed E-state index contributed by atoms with van der Waals surface area (Å²) < 4.78 is 17.9. The monoisotopic (exact) mass is 463 g/mol. The van der Waals surface area contributed by atoms with Gasteiger partial charge in [-0.15, -0.1) is 0 Å². The Hall–Kier alpha value is -1.51. The number of ether oxygens (including phenoxy) is 3. The van der Waals surface area contributed by atoms with E-state index in [1.165, 1.54) is 12.2 Å². The van der Waals surface area contributed by atoms with Crippen molar-refractivity contribution in [2.45, 2.75) is 109 Å². The number of hydrogen-bond donors (Lipinski definition) is 3. The minimum absolute atomic E-state index is 0.0578. The van der Waals surface area contributed by atoms with Crippen molar-refractivity contribution in [3.63, 3.8) is 0 Å². The quantitative estimate of drug-likeness (QED) is 0.305. The second kappa shape index (κ2) is 10.4. The zero-order valence-electron chi connectivity index (χ0n) is 20.8. The number of allylic oxidation sites excluding steroid dienone is 2. The molecular formula is C26H41NO6. The van der Waals surface area contributed by atoms with E-state index in [0.29, 0.717) is 13.0 Å². The van der Waals surface area contributed by atoms with Gasteiger partial charge >= 0.3 is 0 Å². The van der Waals surface area contributed by atoms with Gasteiger partial charge in [-0.3, -0.25) is 4.79 Å². The normalized spacial score (nSPS) is 39.8. The molecule has 3 saturated heterocycles. The summed E-state index contributed by atoms with van der Waals surface area (Å²) in [7, 11) is 0. The first-order valence-electron chi connectivity index (χ1n) is 12.1. The van der Waals surface area contributed by atoms with Gasteiger partial charge in [0.15, 0.2) is 0 Å². The van der Waals surface area contributed by atoms with E-state index in [0.717, 1.165) is 18.4 Å². The largest absolute Gasteiger partial charge is 0.389 e. The minimum Gasteiger partial charge on any atom is -0.389 e. The first-order chi connectivity index (χ1) is 15.4. The molecule has 0 unspecified atom stereocenters. The highest BCUT2D eigenvalue weighted by atomic mass is 16.6. The smallest absolute Gasteiger partial charge is 0.244 e. The Balaban J connectivity index is 1.52. The zero-order valence-corrected chi connectivity index (χ0v) is 20.8. The number of carbonyl (C=O) groups excluding carboxylic acids is 1. The van der Waals surface area contributed by atoms with Crippen LogP contribution in [0.5, 0.6) is 0 Å². The highest BCUT2D eigenvalue weighted by molar-refractivity contribution is 5.87. The second-order valence-corrected chi connectivity index (χ2v) is 10.7. The van der Waals surface area contributed by atoms with Gasteiger partial charge in [0, 0.05) is 12.5 Å². The highest BCUT2D eigenvalue weighted by Gasteiger charge is 2.60. The van der Waals surface area contributed by atoms with E-state index in [2.05, 4.69) is 18.3 Å². The lowest BCUT2D eigenvalue weighted by atomic mass is 9.83. The van der Waals surface area contributed by atoms with E-state index in [1.54, 1.807) is 6.92 Å². The van der Waals surface area contributed by atoms with Crippen LogP contribution in [0.25, 0.3) is 0 Å². The van der Waals surface area contributed by atoms with E-state index in [1.807, 2.05) is 39.8 Å². The van der Waals surface area contributed by atoms with Gasteiger partial charge in [0.25, 0.3) is 0 Å². The van der Waals surface area contributed by atoms with Crippen LogP contribution in [0.3, 0.4) is 0 Å². The number of hydrogen-bond acceptors (Lipinski definition) is 6. The number of amides is 1. The van der Waals surface area contributed by atoms with E-state index >= 15 is 0 Å². The molecule has 3 heterocycles. The van der Waals surface area contributed by atoms with Crippen LogP contribution in [0.1, 0.15) is 60.8 Å². The van der Waals surface area contributed by atoms with Crippen LogP contribution in [0, 0.1) is 5.92 Å².